The summed E-state index contributed by atoms with van der Waals surface area (Å²) in [4.78, 5) is 14.6. The number of aromatic amines is 1. The number of hydrogen-bond acceptors (Lipinski definition) is 1. The molecule has 0 saturated heterocycles. The molecule has 1 heterocycles. The van der Waals surface area contributed by atoms with E-state index in [-0.39, 0.29) is 12.3 Å². The Bertz CT molecular complexity index is 654. The van der Waals surface area contributed by atoms with E-state index in [9.17, 15) is 4.79 Å². The normalized spacial score (nSPS) is 18.5. The van der Waals surface area contributed by atoms with Gasteiger partial charge in [-0.15, -0.1) is 0 Å². The van der Waals surface area contributed by atoms with Gasteiger partial charge in [-0.1, -0.05) is 12.1 Å². The zero-order chi connectivity index (χ0) is 13.6. The Morgan fingerprint density at radius 1 is 1.42 bits per heavy atom. The van der Waals surface area contributed by atoms with E-state index >= 15 is 0 Å². The SMILES string of the molecule is Cc1ccc2c3c([nH]c2c1C)CCCC3CC(=O)O. The average Bonchev–Trinajstić information content (AvgIpc) is 2.73. The molecule has 0 fully saturated rings. The van der Waals surface area contributed by atoms with Crippen LogP contribution in [0.25, 0.3) is 10.9 Å². The number of carboxylic acid groups (broad SMARTS) is 1. The highest BCUT2D eigenvalue weighted by Crippen LogP contribution is 2.40. The molecule has 0 amide bonds. The first-order chi connectivity index (χ1) is 9.08. The summed E-state index contributed by atoms with van der Waals surface area (Å²) in [5.74, 6) is -0.534. The summed E-state index contributed by atoms with van der Waals surface area (Å²) in [7, 11) is 0. The van der Waals surface area contributed by atoms with E-state index in [1.165, 1.54) is 33.3 Å². The van der Waals surface area contributed by atoms with Crippen molar-refractivity contribution in [1.29, 1.82) is 0 Å². The summed E-state index contributed by atoms with van der Waals surface area (Å²) < 4.78 is 0. The predicted molar refractivity (Wildman–Crippen MR) is 75.7 cm³/mol. The van der Waals surface area contributed by atoms with Crippen molar-refractivity contribution in [3.05, 3.63) is 34.5 Å². The van der Waals surface area contributed by atoms with Crippen LogP contribution >= 0.6 is 0 Å². The van der Waals surface area contributed by atoms with E-state index in [4.69, 9.17) is 5.11 Å². The lowest BCUT2D eigenvalue weighted by atomic mass is 9.83. The summed E-state index contributed by atoms with van der Waals surface area (Å²) in [6, 6.07) is 4.28. The van der Waals surface area contributed by atoms with Crippen molar-refractivity contribution in [3.8, 4) is 0 Å². The molecule has 0 radical (unpaired) electrons. The molecule has 0 aliphatic heterocycles. The van der Waals surface area contributed by atoms with E-state index in [2.05, 4.69) is 31.0 Å². The summed E-state index contributed by atoms with van der Waals surface area (Å²) in [6.45, 7) is 4.25. The van der Waals surface area contributed by atoms with Crippen LogP contribution in [0.3, 0.4) is 0 Å². The third-order valence-corrected chi connectivity index (χ3v) is 4.44. The van der Waals surface area contributed by atoms with Crippen molar-refractivity contribution in [2.45, 2.75) is 45.4 Å². The fraction of sp³-hybridized carbons (Fsp3) is 0.438. The van der Waals surface area contributed by atoms with Gasteiger partial charge in [0, 0.05) is 16.6 Å². The molecule has 0 saturated carbocycles. The lowest BCUT2D eigenvalue weighted by molar-refractivity contribution is -0.137. The van der Waals surface area contributed by atoms with E-state index in [0.717, 1.165) is 19.3 Å². The molecule has 0 bridgehead atoms. The topological polar surface area (TPSA) is 53.1 Å². The maximum atomic E-state index is 11.0. The van der Waals surface area contributed by atoms with Gasteiger partial charge in [0.05, 0.1) is 6.42 Å². The van der Waals surface area contributed by atoms with Crippen molar-refractivity contribution < 1.29 is 9.90 Å². The maximum Gasteiger partial charge on any atom is 0.303 e. The molecule has 2 N–H and O–H groups in total. The van der Waals surface area contributed by atoms with Crippen LogP contribution in [0.4, 0.5) is 0 Å². The van der Waals surface area contributed by atoms with Crippen LogP contribution in [0, 0.1) is 13.8 Å². The second kappa shape index (κ2) is 4.41. The van der Waals surface area contributed by atoms with Gasteiger partial charge in [0.1, 0.15) is 0 Å². The summed E-state index contributed by atoms with van der Waals surface area (Å²) in [5.41, 5.74) is 6.26. The van der Waals surface area contributed by atoms with Crippen LogP contribution in [0.2, 0.25) is 0 Å². The van der Waals surface area contributed by atoms with Gasteiger partial charge < -0.3 is 10.1 Å². The zero-order valence-corrected chi connectivity index (χ0v) is 11.4. The van der Waals surface area contributed by atoms with E-state index in [0.29, 0.717) is 0 Å². The van der Waals surface area contributed by atoms with Crippen molar-refractivity contribution in [2.24, 2.45) is 0 Å². The molecule has 1 aromatic heterocycles. The monoisotopic (exact) mass is 257 g/mol. The fourth-order valence-electron chi connectivity index (χ4n) is 3.33. The van der Waals surface area contributed by atoms with Gasteiger partial charge in [0.15, 0.2) is 0 Å². The molecule has 3 nitrogen and oxygen atoms in total. The van der Waals surface area contributed by atoms with Crippen LogP contribution < -0.4 is 0 Å². The van der Waals surface area contributed by atoms with Gasteiger partial charge in [0.2, 0.25) is 0 Å². The molecule has 1 aliphatic carbocycles. The van der Waals surface area contributed by atoms with Crippen molar-refractivity contribution in [1.82, 2.24) is 4.98 Å². The number of aryl methyl sites for hydroxylation is 3. The third-order valence-electron chi connectivity index (χ3n) is 4.44. The molecule has 1 atom stereocenters. The van der Waals surface area contributed by atoms with Gasteiger partial charge in [-0.05, 0) is 55.7 Å². The first-order valence-corrected chi connectivity index (χ1v) is 6.90. The molecule has 1 aliphatic rings. The number of carbonyl (C=O) groups is 1. The van der Waals surface area contributed by atoms with Crippen LogP contribution in [-0.4, -0.2) is 16.1 Å². The smallest absolute Gasteiger partial charge is 0.303 e. The molecule has 2 aromatic rings. The Labute approximate surface area is 112 Å². The molecule has 0 spiro atoms. The van der Waals surface area contributed by atoms with Crippen LogP contribution in [0.15, 0.2) is 12.1 Å². The van der Waals surface area contributed by atoms with Crippen molar-refractivity contribution >= 4 is 16.9 Å². The zero-order valence-electron chi connectivity index (χ0n) is 11.4. The molecule has 1 unspecified atom stereocenters. The van der Waals surface area contributed by atoms with Crippen LogP contribution in [-0.2, 0) is 11.2 Å². The summed E-state index contributed by atoms with van der Waals surface area (Å²) in [6.07, 6.45) is 3.35. The molecule has 1 aromatic carbocycles. The number of carboxylic acids is 1. The van der Waals surface area contributed by atoms with Crippen LogP contribution in [0.5, 0.6) is 0 Å². The lowest BCUT2D eigenvalue weighted by Gasteiger charge is -2.21. The number of aromatic nitrogens is 1. The molecular weight excluding hydrogens is 238 g/mol. The first kappa shape index (κ1) is 12.3. The number of fused-ring (bicyclic) bond motifs is 3. The van der Waals surface area contributed by atoms with E-state index in [1.807, 2.05) is 0 Å². The van der Waals surface area contributed by atoms with Gasteiger partial charge in [-0.25, -0.2) is 0 Å². The number of H-pyrrole nitrogens is 1. The highest BCUT2D eigenvalue weighted by atomic mass is 16.4. The molecule has 100 valence electrons. The predicted octanol–water partition coefficient (Wildman–Crippen LogP) is 3.68. The minimum atomic E-state index is -0.698. The van der Waals surface area contributed by atoms with Gasteiger partial charge >= 0.3 is 5.97 Å². The number of hydrogen-bond donors (Lipinski definition) is 2. The number of rotatable bonds is 2. The second-order valence-corrected chi connectivity index (χ2v) is 5.63. The second-order valence-electron chi connectivity index (χ2n) is 5.63. The molecule has 3 heteroatoms. The van der Waals surface area contributed by atoms with E-state index < -0.39 is 5.97 Å². The van der Waals surface area contributed by atoms with Crippen molar-refractivity contribution in [2.75, 3.05) is 0 Å². The Balaban J connectivity index is 2.20. The number of benzene rings is 1. The highest BCUT2D eigenvalue weighted by molar-refractivity contribution is 5.89. The minimum Gasteiger partial charge on any atom is -0.481 e. The molecule has 3 rings (SSSR count). The Morgan fingerprint density at radius 3 is 2.95 bits per heavy atom. The van der Waals surface area contributed by atoms with Crippen molar-refractivity contribution in [3.63, 3.8) is 0 Å². The third kappa shape index (κ3) is 1.93. The Kier molecular flexibility index (Phi) is 2.85. The quantitative estimate of drug-likeness (QED) is 0.862. The summed E-state index contributed by atoms with van der Waals surface area (Å²) >= 11 is 0. The molecule has 19 heavy (non-hydrogen) atoms. The number of aliphatic carboxylic acids is 1. The Hall–Kier alpha value is -1.77. The highest BCUT2D eigenvalue weighted by Gasteiger charge is 2.26. The van der Waals surface area contributed by atoms with Gasteiger partial charge in [-0.3, -0.25) is 4.79 Å². The standard InChI is InChI=1S/C16H19NO2/c1-9-6-7-12-15-11(8-14(18)19)4-3-5-13(15)17-16(12)10(9)2/h6-7,11,17H,3-5,8H2,1-2H3,(H,18,19). The molecular formula is C16H19NO2. The first-order valence-electron chi connectivity index (χ1n) is 6.90. The average molecular weight is 257 g/mol. The Morgan fingerprint density at radius 2 is 2.21 bits per heavy atom. The largest absolute Gasteiger partial charge is 0.481 e. The maximum absolute atomic E-state index is 11.0. The summed E-state index contributed by atoms with van der Waals surface area (Å²) in [5, 5.41) is 10.3. The number of nitrogens with one attached hydrogen (secondary N) is 1. The minimum absolute atomic E-state index is 0.164. The van der Waals surface area contributed by atoms with Gasteiger partial charge in [-0.2, -0.15) is 0 Å². The van der Waals surface area contributed by atoms with Crippen LogP contribution in [0.1, 0.15) is 47.6 Å². The van der Waals surface area contributed by atoms with Gasteiger partial charge in [0.25, 0.3) is 0 Å². The van der Waals surface area contributed by atoms with E-state index in [1.54, 1.807) is 0 Å². The lowest BCUT2D eigenvalue weighted by Crippen LogP contribution is -2.12. The fourth-order valence-corrected chi connectivity index (χ4v) is 3.33.